The van der Waals surface area contributed by atoms with E-state index in [0.717, 1.165) is 37.1 Å². The van der Waals surface area contributed by atoms with Crippen LogP contribution in [0.3, 0.4) is 0 Å². The number of carbonyl (C=O) groups excluding carboxylic acids is 1. The number of anilines is 1. The fourth-order valence-electron chi connectivity index (χ4n) is 3.07. The zero-order chi connectivity index (χ0) is 16.9. The van der Waals surface area contributed by atoms with Crippen molar-refractivity contribution in [2.75, 3.05) is 11.9 Å². The quantitative estimate of drug-likeness (QED) is 0.692. The number of urea groups is 1. The summed E-state index contributed by atoms with van der Waals surface area (Å²) in [5.74, 6) is 1.70. The Balaban J connectivity index is 1.54. The number of aromatic nitrogens is 3. The minimum atomic E-state index is -0.238. The van der Waals surface area contributed by atoms with Gasteiger partial charge in [0.25, 0.3) is 0 Å². The number of benzene rings is 1. The van der Waals surface area contributed by atoms with Crippen molar-refractivity contribution in [3.8, 4) is 11.4 Å². The van der Waals surface area contributed by atoms with Crippen LogP contribution in [0.25, 0.3) is 11.4 Å². The van der Waals surface area contributed by atoms with E-state index in [1.54, 1.807) is 0 Å². The van der Waals surface area contributed by atoms with Crippen LogP contribution in [-0.2, 0) is 0 Å². The van der Waals surface area contributed by atoms with Crippen LogP contribution < -0.4 is 10.6 Å². The van der Waals surface area contributed by atoms with Gasteiger partial charge in [0, 0.05) is 17.8 Å². The van der Waals surface area contributed by atoms with Crippen LogP contribution in [0.1, 0.15) is 31.5 Å². The normalized spacial score (nSPS) is 20.6. The van der Waals surface area contributed by atoms with E-state index in [0.29, 0.717) is 24.0 Å². The van der Waals surface area contributed by atoms with E-state index in [9.17, 15) is 9.90 Å². The van der Waals surface area contributed by atoms with Gasteiger partial charge in [-0.15, -0.1) is 0 Å². The number of aliphatic hydroxyl groups excluding tert-OH is 1. The standard InChI is InChI=1S/C17H23N5O2/c1-11-19-16(22-21-11)13-5-3-6-14(9-13)20-17(24)18-10-12-4-2-7-15(23)8-12/h3,5-6,9,12,15,23H,2,4,7-8,10H2,1H3,(H2,18,20,24)(H,19,21,22). The summed E-state index contributed by atoms with van der Waals surface area (Å²) in [6, 6.07) is 7.18. The Labute approximate surface area is 140 Å². The number of hydrogen-bond acceptors (Lipinski definition) is 4. The summed E-state index contributed by atoms with van der Waals surface area (Å²) in [4.78, 5) is 16.4. The van der Waals surface area contributed by atoms with Gasteiger partial charge in [-0.3, -0.25) is 5.10 Å². The molecule has 4 N–H and O–H groups in total. The van der Waals surface area contributed by atoms with Crippen molar-refractivity contribution in [3.63, 3.8) is 0 Å². The van der Waals surface area contributed by atoms with Gasteiger partial charge in [0.15, 0.2) is 5.82 Å². The molecule has 7 nitrogen and oxygen atoms in total. The number of aromatic amines is 1. The molecule has 1 aliphatic rings. The van der Waals surface area contributed by atoms with Crippen molar-refractivity contribution in [2.45, 2.75) is 38.7 Å². The van der Waals surface area contributed by atoms with Crippen LogP contribution >= 0.6 is 0 Å². The molecule has 0 saturated heterocycles. The summed E-state index contributed by atoms with van der Waals surface area (Å²) >= 11 is 0. The first-order valence-corrected chi connectivity index (χ1v) is 8.32. The van der Waals surface area contributed by atoms with Crippen molar-refractivity contribution in [1.29, 1.82) is 0 Å². The van der Waals surface area contributed by atoms with E-state index in [2.05, 4.69) is 25.8 Å². The molecule has 0 aliphatic heterocycles. The molecule has 1 fully saturated rings. The third-order valence-corrected chi connectivity index (χ3v) is 4.28. The van der Waals surface area contributed by atoms with E-state index in [1.165, 1.54) is 0 Å². The fourth-order valence-corrected chi connectivity index (χ4v) is 3.07. The molecule has 7 heteroatoms. The molecule has 3 rings (SSSR count). The number of rotatable bonds is 4. The summed E-state index contributed by atoms with van der Waals surface area (Å²) in [5, 5.41) is 22.3. The monoisotopic (exact) mass is 329 g/mol. The maximum atomic E-state index is 12.1. The highest BCUT2D eigenvalue weighted by atomic mass is 16.3. The molecular weight excluding hydrogens is 306 g/mol. The highest BCUT2D eigenvalue weighted by molar-refractivity contribution is 5.89. The van der Waals surface area contributed by atoms with Crippen LogP contribution in [0.2, 0.25) is 0 Å². The summed E-state index contributed by atoms with van der Waals surface area (Å²) in [6.45, 7) is 2.43. The number of nitrogens with one attached hydrogen (secondary N) is 3. The van der Waals surface area contributed by atoms with Crippen LogP contribution in [0.4, 0.5) is 10.5 Å². The first kappa shape index (κ1) is 16.4. The topological polar surface area (TPSA) is 103 Å². The molecule has 0 radical (unpaired) electrons. The Morgan fingerprint density at radius 3 is 3.04 bits per heavy atom. The zero-order valence-corrected chi connectivity index (χ0v) is 13.7. The van der Waals surface area contributed by atoms with E-state index in [-0.39, 0.29) is 12.1 Å². The van der Waals surface area contributed by atoms with Gasteiger partial charge >= 0.3 is 6.03 Å². The number of aliphatic hydroxyl groups is 1. The summed E-state index contributed by atoms with van der Waals surface area (Å²) in [5.41, 5.74) is 1.53. The SMILES string of the molecule is Cc1nc(-c2cccc(NC(=O)NCC3CCCC(O)C3)c2)n[nH]1. The number of amides is 2. The molecule has 0 bridgehead atoms. The van der Waals surface area contributed by atoms with Crippen molar-refractivity contribution in [1.82, 2.24) is 20.5 Å². The third kappa shape index (κ3) is 4.32. The lowest BCUT2D eigenvalue weighted by molar-refractivity contribution is 0.101. The smallest absolute Gasteiger partial charge is 0.319 e. The van der Waals surface area contributed by atoms with Crippen LogP contribution in [0.15, 0.2) is 24.3 Å². The van der Waals surface area contributed by atoms with Gasteiger partial charge in [-0.1, -0.05) is 18.6 Å². The molecule has 0 spiro atoms. The van der Waals surface area contributed by atoms with Gasteiger partial charge in [0.1, 0.15) is 5.82 Å². The number of nitrogens with zero attached hydrogens (tertiary/aromatic N) is 2. The van der Waals surface area contributed by atoms with Gasteiger partial charge < -0.3 is 15.7 Å². The maximum absolute atomic E-state index is 12.1. The van der Waals surface area contributed by atoms with Crippen molar-refractivity contribution in [2.24, 2.45) is 5.92 Å². The summed E-state index contributed by atoms with van der Waals surface area (Å²) in [6.07, 6.45) is 3.48. The Morgan fingerprint density at radius 1 is 1.42 bits per heavy atom. The summed E-state index contributed by atoms with van der Waals surface area (Å²) < 4.78 is 0. The number of hydrogen-bond donors (Lipinski definition) is 4. The second-order valence-electron chi connectivity index (χ2n) is 6.35. The van der Waals surface area contributed by atoms with Crippen molar-refractivity contribution < 1.29 is 9.90 Å². The van der Waals surface area contributed by atoms with Crippen LogP contribution in [-0.4, -0.2) is 39.0 Å². The minimum absolute atomic E-state index is 0.227. The predicted octanol–water partition coefficient (Wildman–Crippen LogP) is 2.45. The molecule has 2 amide bonds. The predicted molar refractivity (Wildman–Crippen MR) is 91.5 cm³/mol. The first-order chi connectivity index (χ1) is 11.6. The molecule has 1 heterocycles. The molecule has 128 valence electrons. The van der Waals surface area contributed by atoms with Gasteiger partial charge in [0.05, 0.1) is 6.10 Å². The molecule has 1 aromatic heterocycles. The van der Waals surface area contributed by atoms with E-state index in [4.69, 9.17) is 0 Å². The molecule has 1 saturated carbocycles. The van der Waals surface area contributed by atoms with Gasteiger partial charge in [-0.25, -0.2) is 9.78 Å². The highest BCUT2D eigenvalue weighted by Crippen LogP contribution is 2.23. The third-order valence-electron chi connectivity index (χ3n) is 4.28. The molecule has 24 heavy (non-hydrogen) atoms. The molecule has 1 aromatic carbocycles. The number of H-pyrrole nitrogens is 1. The molecule has 1 aliphatic carbocycles. The van der Waals surface area contributed by atoms with Crippen LogP contribution in [0, 0.1) is 12.8 Å². The Bertz CT molecular complexity index is 700. The fraction of sp³-hybridized carbons (Fsp3) is 0.471. The lowest BCUT2D eigenvalue weighted by Crippen LogP contribution is -2.35. The van der Waals surface area contributed by atoms with E-state index in [1.807, 2.05) is 31.2 Å². The van der Waals surface area contributed by atoms with Crippen LogP contribution in [0.5, 0.6) is 0 Å². The largest absolute Gasteiger partial charge is 0.393 e. The molecular formula is C17H23N5O2. The van der Waals surface area contributed by atoms with E-state index >= 15 is 0 Å². The average Bonchev–Trinajstić information content (AvgIpc) is 3.00. The second kappa shape index (κ2) is 7.44. The molecule has 2 atom stereocenters. The van der Waals surface area contributed by atoms with Gasteiger partial charge in [-0.2, -0.15) is 5.10 Å². The van der Waals surface area contributed by atoms with Gasteiger partial charge in [-0.05, 0) is 44.2 Å². The number of aryl methyl sites for hydroxylation is 1. The summed E-state index contributed by atoms with van der Waals surface area (Å²) in [7, 11) is 0. The zero-order valence-electron chi connectivity index (χ0n) is 13.7. The first-order valence-electron chi connectivity index (χ1n) is 8.32. The highest BCUT2D eigenvalue weighted by Gasteiger charge is 2.20. The minimum Gasteiger partial charge on any atom is -0.393 e. The lowest BCUT2D eigenvalue weighted by Gasteiger charge is -2.25. The lowest BCUT2D eigenvalue weighted by atomic mass is 9.87. The van der Waals surface area contributed by atoms with Crippen molar-refractivity contribution >= 4 is 11.7 Å². The Kier molecular flexibility index (Phi) is 5.10. The van der Waals surface area contributed by atoms with Crippen molar-refractivity contribution in [3.05, 3.63) is 30.1 Å². The van der Waals surface area contributed by atoms with E-state index < -0.39 is 0 Å². The Hall–Kier alpha value is -2.41. The molecule has 2 aromatic rings. The Morgan fingerprint density at radius 2 is 2.29 bits per heavy atom. The van der Waals surface area contributed by atoms with Gasteiger partial charge in [0.2, 0.25) is 0 Å². The molecule has 2 unspecified atom stereocenters. The average molecular weight is 329 g/mol. The second-order valence-corrected chi connectivity index (χ2v) is 6.35. The number of carbonyl (C=O) groups is 1. The maximum Gasteiger partial charge on any atom is 0.319 e.